The first-order valence-electron chi connectivity index (χ1n) is 9.87. The van der Waals surface area contributed by atoms with E-state index in [1.165, 1.54) is 11.8 Å². The minimum absolute atomic E-state index is 0.101. The molecule has 1 saturated heterocycles. The van der Waals surface area contributed by atoms with Crippen LogP contribution in [0.1, 0.15) is 42.7 Å². The highest BCUT2D eigenvalue weighted by Gasteiger charge is 2.24. The van der Waals surface area contributed by atoms with Crippen LogP contribution in [-0.2, 0) is 35.5 Å². The molecule has 28 heavy (non-hydrogen) atoms. The highest BCUT2D eigenvalue weighted by Crippen LogP contribution is 2.29. The molecule has 0 radical (unpaired) electrons. The van der Waals surface area contributed by atoms with E-state index < -0.39 is 0 Å². The summed E-state index contributed by atoms with van der Waals surface area (Å²) in [5.74, 6) is 0.844. The lowest BCUT2D eigenvalue weighted by Gasteiger charge is -2.24. The predicted molar refractivity (Wildman–Crippen MR) is 105 cm³/mol. The summed E-state index contributed by atoms with van der Waals surface area (Å²) in [4.78, 5) is 29.2. The molecule has 2 aromatic rings. The van der Waals surface area contributed by atoms with E-state index in [0.717, 1.165) is 56.4 Å². The van der Waals surface area contributed by atoms with Crippen LogP contribution in [0.15, 0.2) is 32.6 Å². The van der Waals surface area contributed by atoms with Crippen LogP contribution in [0.4, 0.5) is 0 Å². The molecule has 1 aliphatic carbocycles. The molecule has 3 heterocycles. The molecule has 1 atom stereocenters. The summed E-state index contributed by atoms with van der Waals surface area (Å²) >= 11 is 1.35. The first-order valence-corrected chi connectivity index (χ1v) is 10.9. The summed E-state index contributed by atoms with van der Waals surface area (Å²) in [7, 11) is 0. The van der Waals surface area contributed by atoms with Crippen molar-refractivity contribution in [2.45, 2.75) is 62.7 Å². The molecule has 8 heteroatoms. The number of amides is 1. The van der Waals surface area contributed by atoms with Gasteiger partial charge in [-0.05, 0) is 50.7 Å². The molecule has 2 aromatic heterocycles. The minimum Gasteiger partial charge on any atom is -0.467 e. The van der Waals surface area contributed by atoms with Gasteiger partial charge < -0.3 is 14.5 Å². The Kier molecular flexibility index (Phi) is 6.17. The van der Waals surface area contributed by atoms with Crippen molar-refractivity contribution >= 4 is 17.7 Å². The molecular formula is C20H25N3O4S. The quantitative estimate of drug-likeness (QED) is 0.564. The Hall–Kier alpha value is -2.06. The summed E-state index contributed by atoms with van der Waals surface area (Å²) < 4.78 is 12.7. The summed E-state index contributed by atoms with van der Waals surface area (Å²) in [6, 6.07) is 3.61. The van der Waals surface area contributed by atoms with Crippen molar-refractivity contribution in [2.24, 2.45) is 0 Å². The normalized spacial score (nSPS) is 18.8. The number of carbonyl (C=O) groups excluding carboxylic acids is 1. The predicted octanol–water partition coefficient (Wildman–Crippen LogP) is 2.30. The number of hydrogen-bond donors (Lipinski definition) is 1. The van der Waals surface area contributed by atoms with Crippen LogP contribution >= 0.6 is 11.8 Å². The van der Waals surface area contributed by atoms with E-state index in [1.54, 1.807) is 12.3 Å². The van der Waals surface area contributed by atoms with Gasteiger partial charge in [-0.3, -0.25) is 9.36 Å². The van der Waals surface area contributed by atoms with Gasteiger partial charge in [0.15, 0.2) is 0 Å². The van der Waals surface area contributed by atoms with Gasteiger partial charge in [0.1, 0.15) is 10.8 Å². The second-order valence-corrected chi connectivity index (χ2v) is 8.19. The third-order valence-electron chi connectivity index (χ3n) is 5.24. The molecule has 0 saturated carbocycles. The standard InChI is InChI=1S/C20H25N3O4S/c24-18(21-11-14-5-3-9-26-14)13-28-19-16-7-1-2-8-17(16)23(20(25)22-19)12-15-6-4-10-27-15/h3,5,9,15H,1-2,4,6-8,10-13H2,(H,21,24). The maximum absolute atomic E-state index is 12.7. The third-order valence-corrected chi connectivity index (χ3v) is 6.26. The van der Waals surface area contributed by atoms with Crippen LogP contribution in [0.2, 0.25) is 0 Å². The zero-order valence-corrected chi connectivity index (χ0v) is 16.6. The van der Waals surface area contributed by atoms with Gasteiger partial charge in [0.2, 0.25) is 5.91 Å². The van der Waals surface area contributed by atoms with Crippen LogP contribution in [0.3, 0.4) is 0 Å². The van der Waals surface area contributed by atoms with Crippen LogP contribution in [0.25, 0.3) is 0 Å². The number of nitrogens with one attached hydrogen (secondary N) is 1. The SMILES string of the molecule is O=C(CSc1nc(=O)n(CC2CCCO2)c2c1CCCC2)NCc1ccco1. The molecule has 1 unspecified atom stereocenters. The first-order chi connectivity index (χ1) is 13.7. The fourth-order valence-electron chi connectivity index (χ4n) is 3.83. The molecule has 1 aliphatic heterocycles. The van der Waals surface area contributed by atoms with Crippen LogP contribution < -0.4 is 11.0 Å². The number of furan rings is 1. The molecule has 1 amide bonds. The lowest BCUT2D eigenvalue weighted by atomic mass is 9.97. The van der Waals surface area contributed by atoms with Gasteiger partial charge in [0, 0.05) is 17.9 Å². The Morgan fingerprint density at radius 1 is 1.32 bits per heavy atom. The number of carbonyl (C=O) groups is 1. The smallest absolute Gasteiger partial charge is 0.348 e. The minimum atomic E-state index is -0.227. The van der Waals surface area contributed by atoms with Gasteiger partial charge in [0.05, 0.1) is 31.2 Å². The molecule has 0 spiro atoms. The molecule has 0 bridgehead atoms. The van der Waals surface area contributed by atoms with Gasteiger partial charge in [-0.15, -0.1) is 0 Å². The monoisotopic (exact) mass is 403 g/mol. The molecule has 2 aliphatic rings. The average Bonchev–Trinajstić information content (AvgIpc) is 3.41. The number of nitrogens with zero attached hydrogens (tertiary/aromatic N) is 2. The number of rotatable bonds is 7. The van der Waals surface area contributed by atoms with Crippen molar-refractivity contribution < 1.29 is 13.9 Å². The Morgan fingerprint density at radius 3 is 3.00 bits per heavy atom. The van der Waals surface area contributed by atoms with E-state index in [-0.39, 0.29) is 23.5 Å². The Balaban J connectivity index is 1.45. The maximum atomic E-state index is 12.7. The van der Waals surface area contributed by atoms with E-state index >= 15 is 0 Å². The third kappa shape index (κ3) is 4.50. The highest BCUT2D eigenvalue weighted by molar-refractivity contribution is 7.99. The number of ether oxygens (including phenoxy) is 1. The Bertz CT molecular complexity index is 872. The van der Waals surface area contributed by atoms with Gasteiger partial charge in [-0.25, -0.2) is 4.79 Å². The topological polar surface area (TPSA) is 86.4 Å². The van der Waals surface area contributed by atoms with Gasteiger partial charge >= 0.3 is 5.69 Å². The molecular weight excluding hydrogens is 378 g/mol. The number of fused-ring (bicyclic) bond motifs is 1. The summed E-state index contributed by atoms with van der Waals surface area (Å²) in [5.41, 5.74) is 1.99. The number of hydrogen-bond acceptors (Lipinski definition) is 6. The van der Waals surface area contributed by atoms with E-state index in [1.807, 2.05) is 10.6 Å². The van der Waals surface area contributed by atoms with Crippen molar-refractivity contribution in [3.05, 3.63) is 45.9 Å². The van der Waals surface area contributed by atoms with E-state index in [9.17, 15) is 9.59 Å². The lowest BCUT2D eigenvalue weighted by molar-refractivity contribution is -0.118. The zero-order valence-electron chi connectivity index (χ0n) is 15.8. The lowest BCUT2D eigenvalue weighted by Crippen LogP contribution is -2.34. The van der Waals surface area contributed by atoms with Crippen molar-refractivity contribution in [1.29, 1.82) is 0 Å². The van der Waals surface area contributed by atoms with Crippen molar-refractivity contribution in [3.63, 3.8) is 0 Å². The molecule has 0 aromatic carbocycles. The Labute approximate surface area is 167 Å². The van der Waals surface area contributed by atoms with Crippen LogP contribution in [-0.4, -0.2) is 33.9 Å². The van der Waals surface area contributed by atoms with Crippen LogP contribution in [0, 0.1) is 0 Å². The fourth-order valence-corrected chi connectivity index (χ4v) is 4.74. The maximum Gasteiger partial charge on any atom is 0.348 e. The van der Waals surface area contributed by atoms with Gasteiger partial charge in [0.25, 0.3) is 0 Å². The molecule has 1 N–H and O–H groups in total. The number of thioether (sulfide) groups is 1. The summed E-state index contributed by atoms with van der Waals surface area (Å²) in [6.45, 7) is 1.72. The Morgan fingerprint density at radius 2 is 2.21 bits per heavy atom. The average molecular weight is 404 g/mol. The van der Waals surface area contributed by atoms with E-state index in [0.29, 0.717) is 23.9 Å². The summed E-state index contributed by atoms with van der Waals surface area (Å²) in [6.07, 6.45) is 7.70. The van der Waals surface area contributed by atoms with E-state index in [2.05, 4.69) is 10.3 Å². The van der Waals surface area contributed by atoms with Crippen molar-refractivity contribution in [2.75, 3.05) is 12.4 Å². The summed E-state index contributed by atoms with van der Waals surface area (Å²) in [5, 5.41) is 3.53. The van der Waals surface area contributed by atoms with Gasteiger partial charge in [-0.2, -0.15) is 4.98 Å². The van der Waals surface area contributed by atoms with Crippen LogP contribution in [0.5, 0.6) is 0 Å². The number of aromatic nitrogens is 2. The highest BCUT2D eigenvalue weighted by atomic mass is 32.2. The molecule has 150 valence electrons. The molecule has 1 fully saturated rings. The van der Waals surface area contributed by atoms with Gasteiger partial charge in [-0.1, -0.05) is 11.8 Å². The molecule has 4 rings (SSSR count). The van der Waals surface area contributed by atoms with E-state index in [4.69, 9.17) is 9.15 Å². The largest absolute Gasteiger partial charge is 0.467 e. The zero-order chi connectivity index (χ0) is 19.3. The second kappa shape index (κ2) is 8.96. The van der Waals surface area contributed by atoms with Crippen molar-refractivity contribution in [3.8, 4) is 0 Å². The first kappa shape index (κ1) is 19.3. The van der Waals surface area contributed by atoms with Crippen molar-refractivity contribution in [1.82, 2.24) is 14.9 Å². The second-order valence-electron chi connectivity index (χ2n) is 7.22. The fraction of sp³-hybridized carbons (Fsp3) is 0.550. The molecule has 7 nitrogen and oxygen atoms in total.